The zero-order valence-corrected chi connectivity index (χ0v) is 11.2. The second-order valence-corrected chi connectivity index (χ2v) is 5.15. The number of halogens is 1. The summed E-state index contributed by atoms with van der Waals surface area (Å²) in [7, 11) is 0. The van der Waals surface area contributed by atoms with E-state index < -0.39 is 0 Å². The Balaban J connectivity index is 1.96. The predicted octanol–water partition coefficient (Wildman–Crippen LogP) is 4.74. The SMILES string of the molecule is O=C(Oc1ccccc1)Sc1ccc(Br)cc1. The van der Waals surface area contributed by atoms with E-state index in [1.165, 1.54) is 0 Å². The molecule has 0 N–H and O–H groups in total. The lowest BCUT2D eigenvalue weighted by Crippen LogP contribution is -1.99. The van der Waals surface area contributed by atoms with E-state index in [2.05, 4.69) is 15.9 Å². The van der Waals surface area contributed by atoms with Gasteiger partial charge in [-0.25, -0.2) is 4.79 Å². The third-order valence-corrected chi connectivity index (χ3v) is 3.25. The summed E-state index contributed by atoms with van der Waals surface area (Å²) in [5.74, 6) is 0.558. The fraction of sp³-hybridized carbons (Fsp3) is 0. The highest BCUT2D eigenvalue weighted by Gasteiger charge is 2.06. The molecule has 2 aromatic rings. The van der Waals surface area contributed by atoms with Crippen molar-refractivity contribution in [2.45, 2.75) is 4.90 Å². The molecule has 4 heteroatoms. The van der Waals surface area contributed by atoms with E-state index in [9.17, 15) is 4.79 Å². The van der Waals surface area contributed by atoms with Crippen LogP contribution in [0, 0.1) is 0 Å². The fourth-order valence-electron chi connectivity index (χ4n) is 1.20. The zero-order chi connectivity index (χ0) is 12.1. The van der Waals surface area contributed by atoms with Gasteiger partial charge in [-0.15, -0.1) is 0 Å². The minimum absolute atomic E-state index is 0.335. The van der Waals surface area contributed by atoms with Gasteiger partial charge in [0.05, 0.1) is 0 Å². The first-order valence-electron chi connectivity index (χ1n) is 4.94. The summed E-state index contributed by atoms with van der Waals surface area (Å²) in [6.07, 6.45) is 0. The van der Waals surface area contributed by atoms with Gasteiger partial charge in [-0.3, -0.25) is 0 Å². The second-order valence-electron chi connectivity index (χ2n) is 3.22. The van der Waals surface area contributed by atoms with Crippen LogP contribution in [-0.4, -0.2) is 5.30 Å². The Kier molecular flexibility index (Phi) is 4.23. The van der Waals surface area contributed by atoms with Crippen LogP contribution in [0.15, 0.2) is 64.0 Å². The van der Waals surface area contributed by atoms with Gasteiger partial charge in [-0.05, 0) is 48.2 Å². The Labute approximate surface area is 112 Å². The Hall–Kier alpha value is -1.26. The quantitative estimate of drug-likeness (QED) is 0.592. The molecule has 2 nitrogen and oxygen atoms in total. The summed E-state index contributed by atoms with van der Waals surface area (Å²) >= 11 is 4.41. The number of para-hydroxylation sites is 1. The molecule has 0 saturated heterocycles. The third-order valence-electron chi connectivity index (χ3n) is 1.96. The Bertz CT molecular complexity index is 497. The maximum absolute atomic E-state index is 11.6. The van der Waals surface area contributed by atoms with Crippen molar-refractivity contribution in [3.8, 4) is 5.75 Å². The molecule has 0 aliphatic rings. The average Bonchev–Trinajstić information content (AvgIpc) is 2.33. The summed E-state index contributed by atoms with van der Waals surface area (Å²) in [6.45, 7) is 0. The van der Waals surface area contributed by atoms with Gasteiger partial charge in [-0.1, -0.05) is 34.1 Å². The molecule has 0 aliphatic heterocycles. The molecule has 0 aromatic heterocycles. The van der Waals surface area contributed by atoms with E-state index >= 15 is 0 Å². The molecular formula is C13H9BrO2S. The number of hydrogen-bond acceptors (Lipinski definition) is 3. The summed E-state index contributed by atoms with van der Waals surface area (Å²) in [6, 6.07) is 16.5. The lowest BCUT2D eigenvalue weighted by atomic mass is 10.3. The van der Waals surface area contributed by atoms with Crippen LogP contribution in [0.3, 0.4) is 0 Å². The van der Waals surface area contributed by atoms with Crippen molar-refractivity contribution in [2.24, 2.45) is 0 Å². The molecule has 17 heavy (non-hydrogen) atoms. The summed E-state index contributed by atoms with van der Waals surface area (Å²) in [4.78, 5) is 12.5. The molecular weight excluding hydrogens is 300 g/mol. The van der Waals surface area contributed by atoms with Crippen LogP contribution in [0.4, 0.5) is 4.79 Å². The topological polar surface area (TPSA) is 26.3 Å². The second kappa shape index (κ2) is 5.89. The fourth-order valence-corrected chi connectivity index (χ4v) is 2.07. The number of ether oxygens (including phenoxy) is 1. The van der Waals surface area contributed by atoms with Crippen molar-refractivity contribution < 1.29 is 9.53 Å². The first kappa shape index (κ1) is 12.2. The molecule has 0 radical (unpaired) electrons. The van der Waals surface area contributed by atoms with Crippen molar-refractivity contribution in [1.29, 1.82) is 0 Å². The lowest BCUT2D eigenvalue weighted by Gasteiger charge is -2.03. The first-order valence-corrected chi connectivity index (χ1v) is 6.55. The highest BCUT2D eigenvalue weighted by Crippen LogP contribution is 2.23. The smallest absolute Gasteiger partial charge is 0.377 e. The number of rotatable bonds is 2. The van der Waals surface area contributed by atoms with Crippen LogP contribution < -0.4 is 4.74 Å². The Morgan fingerprint density at radius 2 is 1.65 bits per heavy atom. The zero-order valence-electron chi connectivity index (χ0n) is 8.80. The van der Waals surface area contributed by atoms with Crippen molar-refractivity contribution in [3.63, 3.8) is 0 Å². The van der Waals surface area contributed by atoms with Crippen LogP contribution in [0.25, 0.3) is 0 Å². The van der Waals surface area contributed by atoms with Crippen molar-refractivity contribution >= 4 is 33.0 Å². The highest BCUT2D eigenvalue weighted by molar-refractivity contribution is 9.10. The van der Waals surface area contributed by atoms with Crippen LogP contribution in [0.5, 0.6) is 5.75 Å². The molecule has 2 aromatic carbocycles. The molecule has 0 heterocycles. The van der Waals surface area contributed by atoms with Gasteiger partial charge in [0.25, 0.3) is 0 Å². The summed E-state index contributed by atoms with van der Waals surface area (Å²) < 4.78 is 6.15. The van der Waals surface area contributed by atoms with Crippen LogP contribution in [0.2, 0.25) is 0 Å². The van der Waals surface area contributed by atoms with Gasteiger partial charge in [0.1, 0.15) is 5.75 Å². The minimum Gasteiger partial charge on any atom is -0.418 e. The van der Waals surface area contributed by atoms with Crippen LogP contribution in [-0.2, 0) is 0 Å². The normalized spacial score (nSPS) is 9.94. The van der Waals surface area contributed by atoms with E-state index in [1.807, 2.05) is 42.5 Å². The minimum atomic E-state index is -0.335. The van der Waals surface area contributed by atoms with E-state index in [-0.39, 0.29) is 5.30 Å². The predicted molar refractivity (Wildman–Crippen MR) is 72.5 cm³/mol. The van der Waals surface area contributed by atoms with Crippen LogP contribution in [0.1, 0.15) is 0 Å². The molecule has 2 rings (SSSR count). The van der Waals surface area contributed by atoms with Gasteiger partial charge in [0.2, 0.25) is 0 Å². The number of hydrogen-bond donors (Lipinski definition) is 0. The van der Waals surface area contributed by atoms with Gasteiger partial charge in [0.15, 0.2) is 0 Å². The molecule has 0 saturated carbocycles. The molecule has 0 aliphatic carbocycles. The average molecular weight is 309 g/mol. The first-order chi connectivity index (χ1) is 8.24. The highest BCUT2D eigenvalue weighted by atomic mass is 79.9. The molecule has 0 fully saturated rings. The van der Waals surface area contributed by atoms with E-state index in [4.69, 9.17) is 4.74 Å². The van der Waals surface area contributed by atoms with E-state index in [0.717, 1.165) is 21.1 Å². The number of carbonyl (C=O) groups excluding carboxylic acids is 1. The van der Waals surface area contributed by atoms with Crippen molar-refractivity contribution in [1.82, 2.24) is 0 Å². The molecule has 0 spiro atoms. The number of thioether (sulfide) groups is 1. The molecule has 86 valence electrons. The molecule has 0 amide bonds. The van der Waals surface area contributed by atoms with Gasteiger partial charge >= 0.3 is 5.30 Å². The van der Waals surface area contributed by atoms with E-state index in [1.54, 1.807) is 12.1 Å². The number of carbonyl (C=O) groups is 1. The Morgan fingerprint density at radius 3 is 2.29 bits per heavy atom. The number of benzene rings is 2. The van der Waals surface area contributed by atoms with Gasteiger partial charge in [0, 0.05) is 9.37 Å². The van der Waals surface area contributed by atoms with E-state index in [0.29, 0.717) is 5.75 Å². The standard InChI is InChI=1S/C13H9BrO2S/c14-10-6-8-12(9-7-10)17-13(15)16-11-4-2-1-3-5-11/h1-9H. The summed E-state index contributed by atoms with van der Waals surface area (Å²) in [5.41, 5.74) is 0. The monoisotopic (exact) mass is 308 g/mol. The van der Waals surface area contributed by atoms with Crippen molar-refractivity contribution in [3.05, 3.63) is 59.1 Å². The van der Waals surface area contributed by atoms with Crippen LogP contribution >= 0.6 is 27.7 Å². The van der Waals surface area contributed by atoms with Gasteiger partial charge < -0.3 is 4.74 Å². The third kappa shape index (κ3) is 3.91. The summed E-state index contributed by atoms with van der Waals surface area (Å²) in [5, 5.41) is -0.335. The molecule has 0 atom stereocenters. The van der Waals surface area contributed by atoms with Gasteiger partial charge in [-0.2, -0.15) is 0 Å². The van der Waals surface area contributed by atoms with Crippen molar-refractivity contribution in [2.75, 3.05) is 0 Å². The molecule has 0 unspecified atom stereocenters. The maximum atomic E-state index is 11.6. The Morgan fingerprint density at radius 1 is 1.00 bits per heavy atom. The lowest BCUT2D eigenvalue weighted by molar-refractivity contribution is 0.227. The maximum Gasteiger partial charge on any atom is 0.377 e. The largest absolute Gasteiger partial charge is 0.418 e. The molecule has 0 bridgehead atoms.